The van der Waals surface area contributed by atoms with E-state index in [1.807, 2.05) is 6.07 Å². The molecule has 0 radical (unpaired) electrons. The van der Waals surface area contributed by atoms with Crippen molar-refractivity contribution in [2.45, 2.75) is 32.8 Å². The number of aliphatic hydroxyl groups is 2. The lowest BCUT2D eigenvalue weighted by Crippen LogP contribution is -2.46. The summed E-state index contributed by atoms with van der Waals surface area (Å²) in [6.45, 7) is 2.71. The van der Waals surface area contributed by atoms with Gasteiger partial charge < -0.3 is 15.5 Å². The number of carbonyl (C=O) groups is 3. The van der Waals surface area contributed by atoms with Crippen LogP contribution in [0.3, 0.4) is 0 Å². The van der Waals surface area contributed by atoms with E-state index in [0.29, 0.717) is 0 Å². The number of aliphatic hydroxyl groups excluding tert-OH is 2. The van der Waals surface area contributed by atoms with E-state index in [1.54, 1.807) is 38.1 Å². The molecule has 1 rings (SSSR count). The fraction of sp³-hybridized carbons (Fsp3) is 0.471. The van der Waals surface area contributed by atoms with E-state index in [0.717, 1.165) is 5.56 Å². The molecule has 1 amide bonds. The molecule has 0 aliphatic heterocycles. The van der Waals surface area contributed by atoms with Crippen molar-refractivity contribution in [2.75, 3.05) is 13.2 Å². The third kappa shape index (κ3) is 5.92. The summed E-state index contributed by atoms with van der Waals surface area (Å²) >= 11 is 0. The predicted octanol–water partition coefficient (Wildman–Crippen LogP) is 0.253. The highest BCUT2D eigenvalue weighted by atomic mass is 16.3. The average molecular weight is 321 g/mol. The first-order chi connectivity index (χ1) is 10.8. The van der Waals surface area contributed by atoms with Crippen LogP contribution in [0.25, 0.3) is 0 Å². The molecule has 1 atom stereocenters. The second-order valence-corrected chi connectivity index (χ2v) is 6.10. The molecular weight excluding hydrogens is 298 g/mol. The number of amides is 1. The molecule has 0 heterocycles. The summed E-state index contributed by atoms with van der Waals surface area (Å²) < 4.78 is 0. The summed E-state index contributed by atoms with van der Waals surface area (Å²) in [5.74, 6) is -1.75. The maximum Gasteiger partial charge on any atom is 0.249 e. The quantitative estimate of drug-likeness (QED) is 0.566. The Morgan fingerprint density at radius 2 is 1.74 bits per heavy atom. The van der Waals surface area contributed by atoms with Gasteiger partial charge in [-0.2, -0.15) is 0 Å². The number of hydrogen-bond donors (Lipinski definition) is 3. The van der Waals surface area contributed by atoms with Crippen LogP contribution in [0.5, 0.6) is 0 Å². The summed E-state index contributed by atoms with van der Waals surface area (Å²) in [5, 5.41) is 21.3. The van der Waals surface area contributed by atoms with Gasteiger partial charge in [0.05, 0.1) is 6.61 Å². The van der Waals surface area contributed by atoms with Gasteiger partial charge in [-0.25, -0.2) is 0 Å². The van der Waals surface area contributed by atoms with Crippen LogP contribution in [-0.2, 0) is 20.8 Å². The minimum Gasteiger partial charge on any atom is -0.396 e. The van der Waals surface area contributed by atoms with Gasteiger partial charge in [0, 0.05) is 24.8 Å². The Morgan fingerprint density at radius 3 is 2.30 bits per heavy atom. The van der Waals surface area contributed by atoms with Gasteiger partial charge in [0.15, 0.2) is 5.78 Å². The zero-order valence-corrected chi connectivity index (χ0v) is 13.4. The number of ketones is 2. The predicted molar refractivity (Wildman–Crippen MR) is 84.7 cm³/mol. The maximum absolute atomic E-state index is 11.8. The van der Waals surface area contributed by atoms with Crippen molar-refractivity contribution < 1.29 is 24.6 Å². The van der Waals surface area contributed by atoms with Crippen LogP contribution in [0.1, 0.15) is 25.8 Å². The molecule has 3 N–H and O–H groups in total. The molecule has 0 bridgehead atoms. The molecule has 126 valence electrons. The van der Waals surface area contributed by atoms with Crippen LogP contribution in [0.2, 0.25) is 0 Å². The summed E-state index contributed by atoms with van der Waals surface area (Å²) in [5.41, 5.74) is -0.216. The molecule has 23 heavy (non-hydrogen) atoms. The monoisotopic (exact) mass is 321 g/mol. The minimum atomic E-state index is -1.39. The normalized spacial score (nSPS) is 12.5. The van der Waals surface area contributed by atoms with E-state index in [-0.39, 0.29) is 26.0 Å². The van der Waals surface area contributed by atoms with E-state index in [2.05, 4.69) is 5.32 Å². The zero-order valence-electron chi connectivity index (χ0n) is 13.4. The first-order valence-electron chi connectivity index (χ1n) is 7.44. The van der Waals surface area contributed by atoms with Crippen LogP contribution < -0.4 is 5.32 Å². The highest BCUT2D eigenvalue weighted by Crippen LogP contribution is 2.19. The second kappa shape index (κ2) is 8.55. The number of carbonyl (C=O) groups excluding carboxylic acids is 3. The lowest BCUT2D eigenvalue weighted by Gasteiger charge is -2.27. The SMILES string of the molecule is CC(C)(CO)[C@@H](O)C(=O)NCCC(=O)C(=O)Cc1ccccc1. The van der Waals surface area contributed by atoms with E-state index in [9.17, 15) is 19.5 Å². The van der Waals surface area contributed by atoms with Gasteiger partial charge in [-0.3, -0.25) is 14.4 Å². The molecule has 0 spiro atoms. The van der Waals surface area contributed by atoms with Gasteiger partial charge in [0.1, 0.15) is 6.10 Å². The zero-order chi connectivity index (χ0) is 17.5. The Balaban J connectivity index is 2.39. The summed E-state index contributed by atoms with van der Waals surface area (Å²) in [6.07, 6.45) is -1.47. The Hall–Kier alpha value is -2.05. The van der Waals surface area contributed by atoms with E-state index < -0.39 is 29.0 Å². The third-order valence-electron chi connectivity index (χ3n) is 3.57. The van der Waals surface area contributed by atoms with Crippen molar-refractivity contribution in [3.8, 4) is 0 Å². The van der Waals surface area contributed by atoms with Gasteiger partial charge in [-0.1, -0.05) is 44.2 Å². The van der Waals surface area contributed by atoms with Crippen LogP contribution in [0.4, 0.5) is 0 Å². The topological polar surface area (TPSA) is 104 Å². The first-order valence-corrected chi connectivity index (χ1v) is 7.44. The fourth-order valence-corrected chi connectivity index (χ4v) is 1.86. The Labute approximate surface area is 135 Å². The lowest BCUT2D eigenvalue weighted by atomic mass is 9.87. The van der Waals surface area contributed by atoms with Crippen LogP contribution in [0.15, 0.2) is 30.3 Å². The minimum absolute atomic E-state index is 0.0310. The Morgan fingerprint density at radius 1 is 1.13 bits per heavy atom. The van der Waals surface area contributed by atoms with Crippen molar-refractivity contribution >= 4 is 17.5 Å². The Bertz CT molecular complexity index is 553. The molecule has 0 aliphatic carbocycles. The molecule has 0 saturated heterocycles. The molecule has 0 fully saturated rings. The maximum atomic E-state index is 11.8. The Kier molecular flexibility index (Phi) is 7.06. The molecule has 1 aromatic rings. The van der Waals surface area contributed by atoms with E-state index >= 15 is 0 Å². The fourth-order valence-electron chi connectivity index (χ4n) is 1.86. The van der Waals surface area contributed by atoms with Crippen LogP contribution in [0, 0.1) is 5.41 Å². The van der Waals surface area contributed by atoms with E-state index in [4.69, 9.17) is 5.11 Å². The highest BCUT2D eigenvalue weighted by molar-refractivity contribution is 6.37. The summed E-state index contributed by atoms with van der Waals surface area (Å²) in [7, 11) is 0. The average Bonchev–Trinajstić information content (AvgIpc) is 2.54. The largest absolute Gasteiger partial charge is 0.396 e. The molecule has 0 unspecified atom stereocenters. The molecular formula is C17H23NO5. The number of rotatable bonds is 9. The van der Waals surface area contributed by atoms with Gasteiger partial charge in [0.25, 0.3) is 0 Å². The number of hydrogen-bond acceptors (Lipinski definition) is 5. The van der Waals surface area contributed by atoms with Crippen molar-refractivity contribution in [1.82, 2.24) is 5.32 Å². The molecule has 6 nitrogen and oxygen atoms in total. The molecule has 0 aliphatic rings. The van der Waals surface area contributed by atoms with Crippen molar-refractivity contribution in [3.63, 3.8) is 0 Å². The molecule has 0 saturated carbocycles. The number of Topliss-reactive ketones (excluding diaryl/α,β-unsaturated/α-hetero) is 2. The van der Waals surface area contributed by atoms with Gasteiger partial charge in [-0.15, -0.1) is 0 Å². The summed E-state index contributed by atoms with van der Waals surface area (Å²) in [4.78, 5) is 35.3. The van der Waals surface area contributed by atoms with Gasteiger partial charge >= 0.3 is 0 Å². The smallest absolute Gasteiger partial charge is 0.249 e. The number of benzene rings is 1. The molecule has 1 aromatic carbocycles. The van der Waals surface area contributed by atoms with Gasteiger partial charge in [0.2, 0.25) is 11.7 Å². The van der Waals surface area contributed by atoms with Crippen molar-refractivity contribution in [3.05, 3.63) is 35.9 Å². The first kappa shape index (κ1) is 19.0. The standard InChI is InChI=1S/C17H23NO5/c1-17(2,11-19)15(22)16(23)18-9-8-13(20)14(21)10-12-6-4-3-5-7-12/h3-7,15,19,22H,8-11H2,1-2H3,(H,18,23)/t15-/m0/s1. The number of nitrogens with one attached hydrogen (secondary N) is 1. The van der Waals surface area contributed by atoms with Crippen LogP contribution in [-0.4, -0.2) is 46.9 Å². The lowest BCUT2D eigenvalue weighted by molar-refractivity contribution is -0.138. The van der Waals surface area contributed by atoms with Crippen LogP contribution >= 0.6 is 0 Å². The van der Waals surface area contributed by atoms with Crippen molar-refractivity contribution in [1.29, 1.82) is 0 Å². The molecule has 0 aromatic heterocycles. The highest BCUT2D eigenvalue weighted by Gasteiger charge is 2.32. The third-order valence-corrected chi connectivity index (χ3v) is 3.57. The van der Waals surface area contributed by atoms with Crippen molar-refractivity contribution in [2.24, 2.45) is 5.41 Å². The summed E-state index contributed by atoms with van der Waals surface area (Å²) in [6, 6.07) is 8.93. The van der Waals surface area contributed by atoms with E-state index in [1.165, 1.54) is 0 Å². The second-order valence-electron chi connectivity index (χ2n) is 6.10. The van der Waals surface area contributed by atoms with Gasteiger partial charge in [-0.05, 0) is 5.56 Å². The molecule has 6 heteroatoms.